The van der Waals surface area contributed by atoms with Crippen molar-refractivity contribution in [3.8, 4) is 0 Å². The summed E-state index contributed by atoms with van der Waals surface area (Å²) in [6, 6.07) is 6.02. The van der Waals surface area contributed by atoms with Crippen LogP contribution in [-0.4, -0.2) is 11.1 Å². The van der Waals surface area contributed by atoms with Crippen LogP contribution in [0.2, 0.25) is 0 Å². The summed E-state index contributed by atoms with van der Waals surface area (Å²) in [5, 5.41) is 11.9. The number of carboxylic acid groups (broad SMARTS) is 1. The molecule has 0 fully saturated rings. The summed E-state index contributed by atoms with van der Waals surface area (Å²) in [4.78, 5) is 10.7. The van der Waals surface area contributed by atoms with Crippen molar-refractivity contribution in [1.82, 2.24) is 0 Å². The predicted molar refractivity (Wildman–Crippen MR) is 57.9 cm³/mol. The molecule has 1 aromatic carbocycles. The van der Waals surface area contributed by atoms with Crippen molar-refractivity contribution in [2.45, 2.75) is 13.3 Å². The first-order valence-electron chi connectivity index (χ1n) is 4.36. The molecule has 0 saturated carbocycles. The van der Waals surface area contributed by atoms with Crippen LogP contribution in [0.5, 0.6) is 0 Å². The Labute approximate surface area is 85.8 Å². The number of carbonyl (C=O) groups is 1. The van der Waals surface area contributed by atoms with Gasteiger partial charge in [-0.2, -0.15) is 0 Å². The number of carboxylic acids is 1. The van der Waals surface area contributed by atoms with E-state index in [4.69, 9.17) is 5.11 Å². The topological polar surface area (TPSA) is 37.3 Å². The van der Waals surface area contributed by atoms with E-state index in [0.717, 1.165) is 21.2 Å². The summed E-state index contributed by atoms with van der Waals surface area (Å²) in [5.74, 6) is -0.771. The Hall–Kier alpha value is -1.35. The van der Waals surface area contributed by atoms with Crippen molar-refractivity contribution >= 4 is 27.4 Å². The molecule has 0 unspecified atom stereocenters. The van der Waals surface area contributed by atoms with Crippen LogP contribution in [0.1, 0.15) is 11.1 Å². The molecule has 3 heteroatoms. The molecule has 2 nitrogen and oxygen atoms in total. The molecule has 1 N–H and O–H groups in total. The van der Waals surface area contributed by atoms with Crippen molar-refractivity contribution in [3.63, 3.8) is 0 Å². The number of rotatable bonds is 2. The van der Waals surface area contributed by atoms with Gasteiger partial charge >= 0.3 is 5.97 Å². The molecular weight excluding hydrogens is 196 g/mol. The van der Waals surface area contributed by atoms with Gasteiger partial charge in [-0.1, -0.05) is 6.07 Å². The number of aryl methyl sites for hydroxylation is 1. The molecule has 0 bridgehead atoms. The van der Waals surface area contributed by atoms with Gasteiger partial charge in [0.25, 0.3) is 0 Å². The summed E-state index contributed by atoms with van der Waals surface area (Å²) < 4.78 is 1.16. The largest absolute Gasteiger partial charge is 0.481 e. The van der Waals surface area contributed by atoms with Gasteiger partial charge in [-0.05, 0) is 40.9 Å². The molecule has 0 aliphatic rings. The van der Waals surface area contributed by atoms with Gasteiger partial charge in [-0.3, -0.25) is 4.79 Å². The lowest BCUT2D eigenvalue weighted by Gasteiger charge is -2.04. The van der Waals surface area contributed by atoms with E-state index >= 15 is 0 Å². The van der Waals surface area contributed by atoms with Crippen LogP contribution in [0.15, 0.2) is 23.6 Å². The van der Waals surface area contributed by atoms with Crippen LogP contribution in [0, 0.1) is 6.92 Å². The van der Waals surface area contributed by atoms with Gasteiger partial charge in [0.05, 0.1) is 6.42 Å². The first-order valence-corrected chi connectivity index (χ1v) is 5.24. The standard InChI is InChI=1S/C11H10O2S/c1-7-2-3-10-8(4-5-14-10)9(7)6-11(12)13/h2-5H,6H2,1H3,(H,12,13). The van der Waals surface area contributed by atoms with E-state index in [1.807, 2.05) is 30.5 Å². The highest BCUT2D eigenvalue weighted by Crippen LogP contribution is 2.27. The Bertz CT molecular complexity index is 485. The summed E-state index contributed by atoms with van der Waals surface area (Å²) in [6.07, 6.45) is 0.111. The molecule has 0 aliphatic carbocycles. The van der Waals surface area contributed by atoms with Gasteiger partial charge in [-0.25, -0.2) is 0 Å². The van der Waals surface area contributed by atoms with Gasteiger partial charge in [-0.15, -0.1) is 11.3 Å². The Morgan fingerprint density at radius 3 is 2.93 bits per heavy atom. The maximum Gasteiger partial charge on any atom is 0.307 e. The maximum atomic E-state index is 10.7. The van der Waals surface area contributed by atoms with Crippen LogP contribution in [0.25, 0.3) is 10.1 Å². The minimum Gasteiger partial charge on any atom is -0.481 e. The fraction of sp³-hybridized carbons (Fsp3) is 0.182. The lowest BCUT2D eigenvalue weighted by Crippen LogP contribution is -2.02. The van der Waals surface area contributed by atoms with E-state index in [1.54, 1.807) is 11.3 Å². The van der Waals surface area contributed by atoms with E-state index in [-0.39, 0.29) is 6.42 Å². The second-order valence-electron chi connectivity index (χ2n) is 3.26. The number of aliphatic carboxylic acids is 1. The Morgan fingerprint density at radius 1 is 1.43 bits per heavy atom. The molecule has 0 amide bonds. The zero-order valence-electron chi connectivity index (χ0n) is 7.78. The molecule has 1 aromatic heterocycles. The summed E-state index contributed by atoms with van der Waals surface area (Å²) in [5.41, 5.74) is 1.99. The molecule has 1 heterocycles. The maximum absolute atomic E-state index is 10.7. The third-order valence-electron chi connectivity index (χ3n) is 2.31. The third kappa shape index (κ3) is 1.51. The zero-order valence-corrected chi connectivity index (χ0v) is 8.60. The fourth-order valence-electron chi connectivity index (χ4n) is 1.60. The van der Waals surface area contributed by atoms with E-state index in [0.29, 0.717) is 0 Å². The molecule has 0 aliphatic heterocycles. The normalized spacial score (nSPS) is 10.6. The highest BCUT2D eigenvalue weighted by Gasteiger charge is 2.08. The number of hydrogen-bond donors (Lipinski definition) is 1. The second-order valence-corrected chi connectivity index (χ2v) is 4.21. The van der Waals surface area contributed by atoms with Gasteiger partial charge in [0.15, 0.2) is 0 Å². The van der Waals surface area contributed by atoms with Crippen molar-refractivity contribution in [2.75, 3.05) is 0 Å². The average Bonchev–Trinajstić information content (AvgIpc) is 2.57. The Balaban J connectivity index is 2.64. The van der Waals surface area contributed by atoms with E-state index in [9.17, 15) is 4.79 Å². The minimum absolute atomic E-state index is 0.111. The SMILES string of the molecule is Cc1ccc2sccc2c1CC(=O)O. The number of thiophene rings is 1. The average molecular weight is 206 g/mol. The highest BCUT2D eigenvalue weighted by molar-refractivity contribution is 7.17. The van der Waals surface area contributed by atoms with E-state index in [1.165, 1.54) is 0 Å². The first-order chi connectivity index (χ1) is 6.68. The Morgan fingerprint density at radius 2 is 2.21 bits per heavy atom. The van der Waals surface area contributed by atoms with Crippen molar-refractivity contribution in [3.05, 3.63) is 34.7 Å². The molecular formula is C11H10O2S. The van der Waals surface area contributed by atoms with E-state index in [2.05, 4.69) is 0 Å². The quantitative estimate of drug-likeness (QED) is 0.820. The molecule has 2 rings (SSSR count). The highest BCUT2D eigenvalue weighted by atomic mass is 32.1. The van der Waals surface area contributed by atoms with Gasteiger partial charge in [0.1, 0.15) is 0 Å². The van der Waals surface area contributed by atoms with Crippen LogP contribution < -0.4 is 0 Å². The van der Waals surface area contributed by atoms with Crippen LogP contribution in [-0.2, 0) is 11.2 Å². The number of benzene rings is 1. The zero-order chi connectivity index (χ0) is 10.1. The van der Waals surface area contributed by atoms with Gasteiger partial charge < -0.3 is 5.11 Å². The molecule has 0 saturated heterocycles. The molecule has 0 atom stereocenters. The van der Waals surface area contributed by atoms with Crippen molar-refractivity contribution in [1.29, 1.82) is 0 Å². The molecule has 0 spiro atoms. The van der Waals surface area contributed by atoms with Crippen LogP contribution in [0.3, 0.4) is 0 Å². The molecule has 72 valence electrons. The Kier molecular flexibility index (Phi) is 2.25. The second kappa shape index (κ2) is 3.42. The fourth-order valence-corrected chi connectivity index (χ4v) is 2.41. The number of fused-ring (bicyclic) bond motifs is 1. The third-order valence-corrected chi connectivity index (χ3v) is 3.19. The van der Waals surface area contributed by atoms with Crippen LogP contribution >= 0.6 is 11.3 Å². The monoisotopic (exact) mass is 206 g/mol. The molecule has 2 aromatic rings. The predicted octanol–water partition coefficient (Wildman–Crippen LogP) is 2.84. The van der Waals surface area contributed by atoms with Gasteiger partial charge in [0.2, 0.25) is 0 Å². The van der Waals surface area contributed by atoms with Crippen LogP contribution in [0.4, 0.5) is 0 Å². The van der Waals surface area contributed by atoms with E-state index < -0.39 is 5.97 Å². The number of hydrogen-bond acceptors (Lipinski definition) is 2. The summed E-state index contributed by atoms with van der Waals surface area (Å²) >= 11 is 1.64. The molecule has 14 heavy (non-hydrogen) atoms. The summed E-state index contributed by atoms with van der Waals surface area (Å²) in [7, 11) is 0. The lowest BCUT2D eigenvalue weighted by molar-refractivity contribution is -0.136. The van der Waals surface area contributed by atoms with Gasteiger partial charge in [0, 0.05) is 4.70 Å². The summed E-state index contributed by atoms with van der Waals surface area (Å²) in [6.45, 7) is 1.95. The smallest absolute Gasteiger partial charge is 0.307 e. The van der Waals surface area contributed by atoms with Crippen molar-refractivity contribution in [2.24, 2.45) is 0 Å². The first kappa shape index (κ1) is 9.21. The molecule has 0 radical (unpaired) electrons. The minimum atomic E-state index is -0.771. The lowest BCUT2D eigenvalue weighted by atomic mass is 10.0. The van der Waals surface area contributed by atoms with Crippen molar-refractivity contribution < 1.29 is 9.90 Å².